The number of fused-ring (bicyclic) bond motifs is 8. The molecule has 84 heavy (non-hydrogen) atoms. The highest BCUT2D eigenvalue weighted by Gasteiger charge is 2.49. The monoisotopic (exact) mass is 1100 g/mol. The number of furan rings is 1. The first kappa shape index (κ1) is 52.3. The van der Waals surface area contributed by atoms with Gasteiger partial charge in [0, 0.05) is 57.1 Å². The SMILES string of the molecule is CC(C)(C)c1ccc(N(c2ccc(-c3ccccc3)c(F)c2)c2ccc3c(c2)C(c2ccccc2)(c2ccc4c(c2)CNC=C4)c2cc(N(c4ccc(C(C)(C)C)cc4)c4ccc(-c5ccccc5)c(F)c4)c4c(oc5ccccc54)c2-3)cc1. The zero-order valence-electron chi connectivity index (χ0n) is 48.0. The van der Waals surface area contributed by atoms with Crippen LogP contribution in [0, 0.1) is 11.6 Å². The number of nitrogens with zero attached hydrogens (tertiary/aromatic N) is 2. The van der Waals surface area contributed by atoms with E-state index < -0.39 is 5.41 Å². The second kappa shape index (κ2) is 20.3. The first-order valence-electron chi connectivity index (χ1n) is 29.0. The van der Waals surface area contributed by atoms with E-state index in [2.05, 4.69) is 196 Å². The van der Waals surface area contributed by atoms with Crippen LogP contribution in [0.15, 0.2) is 253 Å². The predicted molar refractivity (Wildman–Crippen MR) is 344 cm³/mol. The van der Waals surface area contributed by atoms with Crippen LogP contribution in [0.4, 0.5) is 42.9 Å². The van der Waals surface area contributed by atoms with Gasteiger partial charge in [0.05, 0.1) is 16.5 Å². The average Bonchev–Trinajstić information content (AvgIpc) is 1.63. The minimum absolute atomic E-state index is 0.0896. The molecule has 1 N–H and O–H groups in total. The highest BCUT2D eigenvalue weighted by atomic mass is 19.1. The number of hydrogen-bond acceptors (Lipinski definition) is 4. The van der Waals surface area contributed by atoms with Crippen molar-refractivity contribution in [2.24, 2.45) is 0 Å². The van der Waals surface area contributed by atoms with Crippen molar-refractivity contribution in [3.8, 4) is 33.4 Å². The third-order valence-corrected chi connectivity index (χ3v) is 17.2. The minimum Gasteiger partial charge on any atom is -0.455 e. The molecular formula is C78H63F2N3O. The first-order valence-corrected chi connectivity index (χ1v) is 29.0. The molecule has 6 heteroatoms. The summed E-state index contributed by atoms with van der Waals surface area (Å²) in [5.74, 6) is -0.641. The Morgan fingerprint density at radius 1 is 0.452 bits per heavy atom. The van der Waals surface area contributed by atoms with Crippen molar-refractivity contribution >= 4 is 62.1 Å². The van der Waals surface area contributed by atoms with Gasteiger partial charge in [-0.3, -0.25) is 0 Å². The molecule has 12 aromatic rings. The van der Waals surface area contributed by atoms with Gasteiger partial charge in [-0.15, -0.1) is 0 Å². The van der Waals surface area contributed by atoms with Crippen molar-refractivity contribution in [1.82, 2.24) is 5.32 Å². The van der Waals surface area contributed by atoms with Gasteiger partial charge < -0.3 is 19.5 Å². The van der Waals surface area contributed by atoms with Crippen molar-refractivity contribution in [2.45, 2.75) is 64.3 Å². The Hall–Kier alpha value is -9.78. The molecule has 0 fully saturated rings. The second-order valence-corrected chi connectivity index (χ2v) is 24.4. The molecule has 410 valence electrons. The van der Waals surface area contributed by atoms with Gasteiger partial charge in [0.1, 0.15) is 22.8 Å². The fraction of sp³-hybridized carbons (Fsp3) is 0.128. The average molecular weight is 1100 g/mol. The van der Waals surface area contributed by atoms with E-state index in [0.717, 1.165) is 94.8 Å². The second-order valence-electron chi connectivity index (χ2n) is 24.4. The Morgan fingerprint density at radius 2 is 0.964 bits per heavy atom. The van der Waals surface area contributed by atoms with Crippen molar-refractivity contribution in [3.05, 3.63) is 305 Å². The number of hydrogen-bond donors (Lipinski definition) is 1. The standard InChI is InChI=1S/C78H63F2N3O/c1-76(2,3)54-28-32-58(33-29-54)82(61-36-39-63(69(79)46-61)51-18-10-7-11-19-51)60-38-41-65-67(45-60)78(56-22-14-9-15-23-56,57-27-26-50-42-43-81-49-53(50)44-57)68-48-71(74-66-24-16-17-25-72(66)84-75(74)73(65)68)83(59-34-30-55(31-35-59)77(4,5)6)62-37-40-64(70(80)47-62)52-20-12-8-13-21-52/h7-48,81H,49H2,1-6H3. The molecule has 2 heterocycles. The molecule has 0 saturated heterocycles. The van der Waals surface area contributed by atoms with Crippen molar-refractivity contribution in [2.75, 3.05) is 9.80 Å². The van der Waals surface area contributed by atoms with E-state index in [4.69, 9.17) is 4.42 Å². The topological polar surface area (TPSA) is 31.6 Å². The quantitative estimate of drug-likeness (QED) is 0.148. The maximum atomic E-state index is 17.2. The molecule has 14 rings (SSSR count). The molecule has 1 atom stereocenters. The lowest BCUT2D eigenvalue weighted by Crippen LogP contribution is -2.30. The first-order chi connectivity index (χ1) is 40.7. The van der Waals surface area contributed by atoms with Gasteiger partial charge in [0.25, 0.3) is 0 Å². The molecule has 1 aliphatic heterocycles. The van der Waals surface area contributed by atoms with Crippen LogP contribution in [-0.4, -0.2) is 0 Å². The maximum absolute atomic E-state index is 17.2. The Bertz CT molecular complexity index is 4520. The summed E-state index contributed by atoms with van der Waals surface area (Å²) in [4.78, 5) is 4.40. The molecule has 1 aromatic heterocycles. The predicted octanol–water partition coefficient (Wildman–Crippen LogP) is 21.2. The van der Waals surface area contributed by atoms with Crippen LogP contribution in [0.1, 0.15) is 86.1 Å². The number of nitrogens with one attached hydrogen (secondary N) is 1. The molecule has 1 unspecified atom stereocenters. The van der Waals surface area contributed by atoms with Crippen LogP contribution in [-0.2, 0) is 22.8 Å². The molecular weight excluding hydrogens is 1030 g/mol. The smallest absolute Gasteiger partial charge is 0.145 e. The maximum Gasteiger partial charge on any atom is 0.145 e. The van der Waals surface area contributed by atoms with E-state index in [9.17, 15) is 0 Å². The largest absolute Gasteiger partial charge is 0.455 e. The Labute approximate surface area is 490 Å². The highest BCUT2D eigenvalue weighted by Crippen LogP contribution is 2.62. The van der Waals surface area contributed by atoms with E-state index in [1.807, 2.05) is 103 Å². The van der Waals surface area contributed by atoms with Gasteiger partial charge in [-0.1, -0.05) is 199 Å². The molecule has 2 aliphatic rings. The van der Waals surface area contributed by atoms with Gasteiger partial charge in [-0.2, -0.15) is 0 Å². The lowest BCUT2D eigenvalue weighted by Gasteiger charge is -2.36. The summed E-state index contributed by atoms with van der Waals surface area (Å²) in [6, 6.07) is 83.2. The molecule has 0 bridgehead atoms. The van der Waals surface area contributed by atoms with Crippen molar-refractivity contribution < 1.29 is 13.2 Å². The normalized spacial score (nSPS) is 14.5. The highest BCUT2D eigenvalue weighted by molar-refractivity contribution is 6.19. The van der Waals surface area contributed by atoms with Crippen LogP contribution in [0.2, 0.25) is 0 Å². The number of para-hydroxylation sites is 1. The zero-order chi connectivity index (χ0) is 57.5. The molecule has 0 spiro atoms. The van der Waals surface area contributed by atoms with Gasteiger partial charge in [0.15, 0.2) is 0 Å². The molecule has 1 aliphatic carbocycles. The minimum atomic E-state index is -0.992. The summed E-state index contributed by atoms with van der Waals surface area (Å²) < 4.78 is 41.6. The van der Waals surface area contributed by atoms with Crippen molar-refractivity contribution in [3.63, 3.8) is 0 Å². The molecule has 0 radical (unpaired) electrons. The van der Waals surface area contributed by atoms with E-state index in [1.54, 1.807) is 12.1 Å². The van der Waals surface area contributed by atoms with Crippen LogP contribution in [0.25, 0.3) is 61.4 Å². The lowest BCUT2D eigenvalue weighted by atomic mass is 9.67. The van der Waals surface area contributed by atoms with Crippen LogP contribution < -0.4 is 15.1 Å². The van der Waals surface area contributed by atoms with Gasteiger partial charge >= 0.3 is 0 Å². The Balaban J connectivity index is 1.09. The third-order valence-electron chi connectivity index (χ3n) is 17.2. The van der Waals surface area contributed by atoms with Crippen LogP contribution in [0.3, 0.4) is 0 Å². The summed E-state index contributed by atoms with van der Waals surface area (Å²) in [6.45, 7) is 14.0. The number of rotatable bonds is 10. The molecule has 4 nitrogen and oxygen atoms in total. The molecule has 0 amide bonds. The van der Waals surface area contributed by atoms with E-state index >= 15 is 8.78 Å². The molecule has 11 aromatic carbocycles. The van der Waals surface area contributed by atoms with Gasteiger partial charge in [-0.05, 0) is 169 Å². The zero-order valence-corrected chi connectivity index (χ0v) is 48.0. The number of anilines is 6. The summed E-state index contributed by atoms with van der Waals surface area (Å²) in [5.41, 5.74) is 18.6. The summed E-state index contributed by atoms with van der Waals surface area (Å²) in [7, 11) is 0. The fourth-order valence-corrected chi connectivity index (χ4v) is 13.0. The molecule has 0 saturated carbocycles. The summed E-state index contributed by atoms with van der Waals surface area (Å²) in [5, 5.41) is 5.35. The van der Waals surface area contributed by atoms with Gasteiger partial charge in [-0.25, -0.2) is 8.78 Å². The third kappa shape index (κ3) is 8.78. The summed E-state index contributed by atoms with van der Waals surface area (Å²) >= 11 is 0. The Kier molecular flexibility index (Phi) is 12.6. The van der Waals surface area contributed by atoms with Gasteiger partial charge in [0.2, 0.25) is 0 Å². The van der Waals surface area contributed by atoms with E-state index in [1.165, 1.54) is 16.7 Å². The fourth-order valence-electron chi connectivity index (χ4n) is 13.0. The number of benzene rings is 11. The van der Waals surface area contributed by atoms with Crippen LogP contribution >= 0.6 is 0 Å². The van der Waals surface area contributed by atoms with E-state index in [0.29, 0.717) is 29.0 Å². The number of halogens is 2. The van der Waals surface area contributed by atoms with E-state index in [-0.39, 0.29) is 22.5 Å². The lowest BCUT2D eigenvalue weighted by molar-refractivity contribution is 0.590. The Morgan fingerprint density at radius 3 is 1.55 bits per heavy atom. The van der Waals surface area contributed by atoms with Crippen molar-refractivity contribution in [1.29, 1.82) is 0 Å². The summed E-state index contributed by atoms with van der Waals surface area (Å²) in [6.07, 6.45) is 4.15. The van der Waals surface area contributed by atoms with Crippen LogP contribution in [0.5, 0.6) is 0 Å².